The van der Waals surface area contributed by atoms with E-state index < -0.39 is 0 Å². The van der Waals surface area contributed by atoms with Crippen LogP contribution in [0.1, 0.15) is 32.3 Å². The summed E-state index contributed by atoms with van der Waals surface area (Å²) in [5.41, 5.74) is 4.25. The standard InChI is InChI=1S/C19H24N2/c1-4-16(5-2)20-15(3)18-13-9-10-14-19(18)21-17-11-7-6-8-12-17/h6-14,16,20-21H,3-5H2,1-2H3. The summed E-state index contributed by atoms with van der Waals surface area (Å²) in [6, 6.07) is 19.0. The van der Waals surface area contributed by atoms with Crippen molar-refractivity contribution in [1.82, 2.24) is 5.32 Å². The SMILES string of the molecule is C=C(NC(CC)CC)c1ccccc1Nc1ccccc1. The lowest BCUT2D eigenvalue weighted by Gasteiger charge is -2.20. The lowest BCUT2D eigenvalue weighted by atomic mass is 10.1. The van der Waals surface area contributed by atoms with Crippen LogP contribution in [0.4, 0.5) is 11.4 Å². The molecule has 0 aliphatic rings. The zero-order chi connectivity index (χ0) is 15.1. The monoisotopic (exact) mass is 280 g/mol. The molecule has 0 aliphatic carbocycles. The van der Waals surface area contributed by atoms with Gasteiger partial charge in [0.2, 0.25) is 0 Å². The molecule has 0 aromatic heterocycles. The lowest BCUT2D eigenvalue weighted by Crippen LogP contribution is -2.25. The topological polar surface area (TPSA) is 24.1 Å². The first-order valence-corrected chi connectivity index (χ1v) is 7.61. The Morgan fingerprint density at radius 3 is 2.24 bits per heavy atom. The highest BCUT2D eigenvalue weighted by atomic mass is 14.9. The Balaban J connectivity index is 2.18. The van der Waals surface area contributed by atoms with Crippen LogP contribution >= 0.6 is 0 Å². The average molecular weight is 280 g/mol. The molecular weight excluding hydrogens is 256 g/mol. The van der Waals surface area contributed by atoms with Gasteiger partial charge in [0.05, 0.1) is 0 Å². The van der Waals surface area contributed by atoms with E-state index in [0.717, 1.165) is 35.5 Å². The molecule has 0 aliphatic heterocycles. The Hall–Kier alpha value is -2.22. The number of nitrogens with one attached hydrogen (secondary N) is 2. The second kappa shape index (κ2) is 7.53. The van der Waals surface area contributed by atoms with E-state index >= 15 is 0 Å². The van der Waals surface area contributed by atoms with Crippen LogP contribution in [0.25, 0.3) is 5.70 Å². The summed E-state index contributed by atoms with van der Waals surface area (Å²) in [5.74, 6) is 0. The van der Waals surface area contributed by atoms with E-state index in [1.165, 1.54) is 0 Å². The highest BCUT2D eigenvalue weighted by Gasteiger charge is 2.09. The molecule has 2 aromatic rings. The van der Waals surface area contributed by atoms with Crippen LogP contribution < -0.4 is 10.6 Å². The second-order valence-corrected chi connectivity index (χ2v) is 5.17. The van der Waals surface area contributed by atoms with Crippen molar-refractivity contribution in [2.45, 2.75) is 32.7 Å². The Bertz CT molecular complexity index is 571. The lowest BCUT2D eigenvalue weighted by molar-refractivity contribution is 0.561. The van der Waals surface area contributed by atoms with Gasteiger partial charge in [-0.15, -0.1) is 0 Å². The van der Waals surface area contributed by atoms with Gasteiger partial charge in [0, 0.05) is 28.7 Å². The molecule has 2 nitrogen and oxygen atoms in total. The van der Waals surface area contributed by atoms with E-state index in [1.807, 2.05) is 30.3 Å². The van der Waals surface area contributed by atoms with Gasteiger partial charge in [-0.05, 0) is 31.0 Å². The number of benzene rings is 2. The Morgan fingerprint density at radius 2 is 1.57 bits per heavy atom. The first-order chi connectivity index (χ1) is 10.2. The van der Waals surface area contributed by atoms with Crippen LogP contribution in [0.15, 0.2) is 61.2 Å². The molecule has 2 aromatic carbocycles. The van der Waals surface area contributed by atoms with Gasteiger partial charge in [-0.1, -0.05) is 56.8 Å². The Kier molecular flexibility index (Phi) is 5.44. The molecule has 0 atom stereocenters. The molecule has 0 saturated carbocycles. The summed E-state index contributed by atoms with van der Waals surface area (Å²) >= 11 is 0. The van der Waals surface area contributed by atoms with Crippen LogP contribution in [0, 0.1) is 0 Å². The number of para-hydroxylation sites is 2. The van der Waals surface area contributed by atoms with Crippen molar-refractivity contribution in [3.8, 4) is 0 Å². The predicted molar refractivity (Wildman–Crippen MR) is 92.7 cm³/mol. The minimum atomic E-state index is 0.474. The van der Waals surface area contributed by atoms with Crippen molar-refractivity contribution in [1.29, 1.82) is 0 Å². The molecule has 110 valence electrons. The maximum Gasteiger partial charge on any atom is 0.0478 e. The zero-order valence-corrected chi connectivity index (χ0v) is 12.9. The summed E-state index contributed by atoms with van der Waals surface area (Å²) in [6.45, 7) is 8.61. The third-order valence-electron chi connectivity index (χ3n) is 3.67. The molecule has 0 amide bonds. The van der Waals surface area contributed by atoms with E-state index in [-0.39, 0.29) is 0 Å². The molecule has 0 fully saturated rings. The molecule has 0 spiro atoms. The third-order valence-corrected chi connectivity index (χ3v) is 3.67. The molecular formula is C19H24N2. The maximum atomic E-state index is 4.21. The van der Waals surface area contributed by atoms with Gasteiger partial charge in [-0.2, -0.15) is 0 Å². The molecule has 21 heavy (non-hydrogen) atoms. The van der Waals surface area contributed by atoms with Crippen molar-refractivity contribution in [2.75, 3.05) is 5.32 Å². The third kappa shape index (κ3) is 4.12. The van der Waals surface area contributed by atoms with Crippen LogP contribution in [0.5, 0.6) is 0 Å². The summed E-state index contributed by atoms with van der Waals surface area (Å²) < 4.78 is 0. The Labute approximate surface area is 127 Å². The summed E-state index contributed by atoms with van der Waals surface area (Å²) in [6.07, 6.45) is 2.20. The highest BCUT2D eigenvalue weighted by molar-refractivity contribution is 5.77. The van der Waals surface area contributed by atoms with E-state index in [4.69, 9.17) is 0 Å². The zero-order valence-electron chi connectivity index (χ0n) is 12.9. The fourth-order valence-corrected chi connectivity index (χ4v) is 2.35. The second-order valence-electron chi connectivity index (χ2n) is 5.17. The summed E-state index contributed by atoms with van der Waals surface area (Å²) in [4.78, 5) is 0. The van der Waals surface area contributed by atoms with Gasteiger partial charge in [0.1, 0.15) is 0 Å². The van der Waals surface area contributed by atoms with Gasteiger partial charge in [-0.25, -0.2) is 0 Å². The molecule has 0 unspecified atom stereocenters. The quantitative estimate of drug-likeness (QED) is 0.730. The van der Waals surface area contributed by atoms with E-state index in [2.05, 4.69) is 55.3 Å². The molecule has 2 rings (SSSR count). The first kappa shape index (κ1) is 15.2. The Morgan fingerprint density at radius 1 is 0.952 bits per heavy atom. The van der Waals surface area contributed by atoms with Crippen molar-refractivity contribution in [2.24, 2.45) is 0 Å². The normalized spacial score (nSPS) is 10.4. The largest absolute Gasteiger partial charge is 0.382 e. The number of anilines is 2. The van der Waals surface area contributed by atoms with Gasteiger partial charge in [0.25, 0.3) is 0 Å². The van der Waals surface area contributed by atoms with Crippen molar-refractivity contribution < 1.29 is 0 Å². The fraction of sp³-hybridized carbons (Fsp3) is 0.263. The summed E-state index contributed by atoms with van der Waals surface area (Å²) in [5, 5.41) is 6.99. The van der Waals surface area contributed by atoms with Crippen LogP contribution in [0.2, 0.25) is 0 Å². The fourth-order valence-electron chi connectivity index (χ4n) is 2.35. The first-order valence-electron chi connectivity index (χ1n) is 7.61. The minimum absolute atomic E-state index is 0.474. The van der Waals surface area contributed by atoms with Crippen molar-refractivity contribution >= 4 is 17.1 Å². The average Bonchev–Trinajstić information content (AvgIpc) is 2.54. The number of rotatable bonds is 7. The van der Waals surface area contributed by atoms with E-state index in [1.54, 1.807) is 0 Å². The highest BCUT2D eigenvalue weighted by Crippen LogP contribution is 2.25. The van der Waals surface area contributed by atoms with Gasteiger partial charge < -0.3 is 10.6 Å². The van der Waals surface area contributed by atoms with Gasteiger partial charge in [-0.3, -0.25) is 0 Å². The minimum Gasteiger partial charge on any atom is -0.382 e. The molecule has 0 radical (unpaired) electrons. The smallest absolute Gasteiger partial charge is 0.0478 e. The van der Waals surface area contributed by atoms with Crippen molar-refractivity contribution in [3.05, 3.63) is 66.7 Å². The summed E-state index contributed by atoms with van der Waals surface area (Å²) in [7, 11) is 0. The van der Waals surface area contributed by atoms with E-state index in [9.17, 15) is 0 Å². The molecule has 2 N–H and O–H groups in total. The van der Waals surface area contributed by atoms with Crippen LogP contribution in [-0.2, 0) is 0 Å². The van der Waals surface area contributed by atoms with E-state index in [0.29, 0.717) is 6.04 Å². The maximum absolute atomic E-state index is 4.21. The van der Waals surface area contributed by atoms with Gasteiger partial charge >= 0.3 is 0 Å². The van der Waals surface area contributed by atoms with Crippen molar-refractivity contribution in [3.63, 3.8) is 0 Å². The molecule has 0 saturated heterocycles. The predicted octanol–water partition coefficient (Wildman–Crippen LogP) is 5.18. The molecule has 0 bridgehead atoms. The van der Waals surface area contributed by atoms with Crippen LogP contribution in [0.3, 0.4) is 0 Å². The molecule has 0 heterocycles. The number of hydrogen-bond acceptors (Lipinski definition) is 2. The van der Waals surface area contributed by atoms with Gasteiger partial charge in [0.15, 0.2) is 0 Å². The molecule has 2 heteroatoms. The number of hydrogen-bond donors (Lipinski definition) is 2. The van der Waals surface area contributed by atoms with Crippen LogP contribution in [-0.4, -0.2) is 6.04 Å².